The minimum atomic E-state index is -0.269. The number of nitrogens with one attached hydrogen (secondary N) is 1. The molecular formula is C14H17BrFNO2. The average Bonchev–Trinajstić information content (AvgIpc) is 2.45. The molecule has 1 N–H and O–H groups in total. The monoisotopic (exact) mass is 329 g/mol. The minimum Gasteiger partial charge on any atom is -0.486 e. The first-order chi connectivity index (χ1) is 9.25. The van der Waals surface area contributed by atoms with Gasteiger partial charge in [0.1, 0.15) is 13.2 Å². The van der Waals surface area contributed by atoms with Gasteiger partial charge < -0.3 is 14.8 Å². The fourth-order valence-corrected chi connectivity index (χ4v) is 3.27. The van der Waals surface area contributed by atoms with Gasteiger partial charge in [0.15, 0.2) is 17.3 Å². The Morgan fingerprint density at radius 1 is 1.37 bits per heavy atom. The van der Waals surface area contributed by atoms with Crippen LogP contribution < -0.4 is 14.8 Å². The van der Waals surface area contributed by atoms with Crippen LogP contribution in [0.4, 0.5) is 4.39 Å². The SMILES string of the molecule is Fc1c(CC2CCCNC2)c(Br)cc2c1OCCO2. The molecule has 0 aromatic heterocycles. The van der Waals surface area contributed by atoms with E-state index in [-0.39, 0.29) is 11.6 Å². The van der Waals surface area contributed by atoms with Crippen LogP contribution in [0.5, 0.6) is 11.5 Å². The van der Waals surface area contributed by atoms with E-state index in [4.69, 9.17) is 9.47 Å². The van der Waals surface area contributed by atoms with E-state index in [9.17, 15) is 4.39 Å². The summed E-state index contributed by atoms with van der Waals surface area (Å²) in [4.78, 5) is 0. The zero-order chi connectivity index (χ0) is 13.2. The van der Waals surface area contributed by atoms with Crippen molar-refractivity contribution >= 4 is 15.9 Å². The molecule has 1 saturated heterocycles. The quantitative estimate of drug-likeness (QED) is 0.905. The topological polar surface area (TPSA) is 30.5 Å². The van der Waals surface area contributed by atoms with Gasteiger partial charge in [-0.3, -0.25) is 0 Å². The van der Waals surface area contributed by atoms with E-state index in [1.807, 2.05) is 6.07 Å². The van der Waals surface area contributed by atoms with Crippen LogP contribution in [0, 0.1) is 11.7 Å². The van der Waals surface area contributed by atoms with Gasteiger partial charge in [0.2, 0.25) is 0 Å². The molecule has 0 radical (unpaired) electrons. The molecule has 0 bridgehead atoms. The molecule has 104 valence electrons. The van der Waals surface area contributed by atoms with E-state index in [0.717, 1.165) is 36.8 Å². The Morgan fingerprint density at radius 3 is 3.00 bits per heavy atom. The molecule has 1 aromatic carbocycles. The second-order valence-electron chi connectivity index (χ2n) is 5.09. The summed E-state index contributed by atoms with van der Waals surface area (Å²) in [5, 5.41) is 3.36. The third-order valence-corrected chi connectivity index (χ3v) is 4.42. The van der Waals surface area contributed by atoms with Crippen LogP contribution in [0.25, 0.3) is 0 Å². The van der Waals surface area contributed by atoms with Crippen molar-refractivity contribution in [2.75, 3.05) is 26.3 Å². The third-order valence-electron chi connectivity index (χ3n) is 3.71. The number of piperidine rings is 1. The molecule has 3 nitrogen and oxygen atoms in total. The third kappa shape index (κ3) is 2.72. The van der Waals surface area contributed by atoms with E-state index in [1.54, 1.807) is 0 Å². The van der Waals surface area contributed by atoms with Crippen molar-refractivity contribution in [1.82, 2.24) is 5.32 Å². The van der Waals surface area contributed by atoms with Crippen LogP contribution in [-0.4, -0.2) is 26.3 Å². The lowest BCUT2D eigenvalue weighted by Crippen LogP contribution is -2.31. The van der Waals surface area contributed by atoms with Crippen LogP contribution in [0.2, 0.25) is 0 Å². The highest BCUT2D eigenvalue weighted by Crippen LogP contribution is 2.40. The van der Waals surface area contributed by atoms with Crippen LogP contribution in [0.1, 0.15) is 18.4 Å². The summed E-state index contributed by atoms with van der Waals surface area (Å²) >= 11 is 3.46. The van der Waals surface area contributed by atoms with E-state index in [0.29, 0.717) is 30.4 Å². The second-order valence-corrected chi connectivity index (χ2v) is 5.95. The van der Waals surface area contributed by atoms with E-state index >= 15 is 0 Å². The molecule has 1 aromatic rings. The zero-order valence-corrected chi connectivity index (χ0v) is 12.3. The van der Waals surface area contributed by atoms with Crippen LogP contribution in [-0.2, 0) is 6.42 Å². The lowest BCUT2D eigenvalue weighted by molar-refractivity contribution is 0.163. The number of rotatable bonds is 2. The highest BCUT2D eigenvalue weighted by atomic mass is 79.9. The van der Waals surface area contributed by atoms with Crippen molar-refractivity contribution in [3.63, 3.8) is 0 Å². The Balaban J connectivity index is 1.87. The number of hydrogen-bond donors (Lipinski definition) is 1. The molecule has 1 fully saturated rings. The summed E-state index contributed by atoms with van der Waals surface area (Å²) in [7, 11) is 0. The van der Waals surface area contributed by atoms with E-state index in [2.05, 4.69) is 21.2 Å². The molecule has 19 heavy (non-hydrogen) atoms. The summed E-state index contributed by atoms with van der Waals surface area (Å²) < 4.78 is 26.1. The number of halogens is 2. The molecule has 2 aliphatic heterocycles. The van der Waals surface area contributed by atoms with Crippen molar-refractivity contribution in [2.45, 2.75) is 19.3 Å². The predicted octanol–water partition coefficient (Wildman–Crippen LogP) is 2.90. The molecule has 3 rings (SSSR count). The Morgan fingerprint density at radius 2 is 2.21 bits per heavy atom. The molecule has 5 heteroatoms. The molecule has 1 unspecified atom stereocenters. The van der Waals surface area contributed by atoms with Crippen molar-refractivity contribution < 1.29 is 13.9 Å². The Kier molecular flexibility index (Phi) is 3.93. The maximum atomic E-state index is 14.5. The van der Waals surface area contributed by atoms with Gasteiger partial charge in [0.05, 0.1) is 0 Å². The molecule has 0 amide bonds. The van der Waals surface area contributed by atoms with Gasteiger partial charge in [-0.25, -0.2) is 4.39 Å². The second kappa shape index (κ2) is 5.67. The first kappa shape index (κ1) is 13.2. The lowest BCUT2D eigenvalue weighted by Gasteiger charge is -2.25. The number of ether oxygens (including phenoxy) is 2. The number of hydrogen-bond acceptors (Lipinski definition) is 3. The maximum absolute atomic E-state index is 14.5. The summed E-state index contributed by atoms with van der Waals surface area (Å²) in [5.74, 6) is 0.992. The Hall–Kier alpha value is -0.810. The van der Waals surface area contributed by atoms with Crippen LogP contribution >= 0.6 is 15.9 Å². The van der Waals surface area contributed by atoms with Gasteiger partial charge in [-0.15, -0.1) is 0 Å². The summed E-state index contributed by atoms with van der Waals surface area (Å²) in [6, 6.07) is 1.82. The Labute approximate surface area is 120 Å². The standard InChI is InChI=1S/C14H17BrFNO2/c15-11-7-12-14(19-5-4-18-12)13(16)10(11)6-9-2-1-3-17-8-9/h7,9,17H,1-6,8H2. The lowest BCUT2D eigenvalue weighted by atomic mass is 9.92. The highest BCUT2D eigenvalue weighted by molar-refractivity contribution is 9.10. The minimum absolute atomic E-state index is 0.269. The van der Waals surface area contributed by atoms with Crippen molar-refractivity contribution in [2.24, 2.45) is 5.92 Å². The van der Waals surface area contributed by atoms with Gasteiger partial charge >= 0.3 is 0 Å². The van der Waals surface area contributed by atoms with E-state index < -0.39 is 0 Å². The molecule has 0 aliphatic carbocycles. The van der Waals surface area contributed by atoms with Crippen molar-refractivity contribution in [3.05, 3.63) is 21.9 Å². The summed E-state index contributed by atoms with van der Waals surface area (Å²) in [5.41, 5.74) is 0.706. The van der Waals surface area contributed by atoms with Gasteiger partial charge in [-0.2, -0.15) is 0 Å². The molecule has 2 heterocycles. The molecule has 0 saturated carbocycles. The summed E-state index contributed by atoms with van der Waals surface area (Å²) in [6.45, 7) is 2.92. The Bertz CT molecular complexity index is 475. The normalized spacial score (nSPS) is 22.3. The van der Waals surface area contributed by atoms with Gasteiger partial charge in [0.25, 0.3) is 0 Å². The van der Waals surface area contributed by atoms with Crippen LogP contribution in [0.3, 0.4) is 0 Å². The molecule has 1 atom stereocenters. The smallest absolute Gasteiger partial charge is 0.197 e. The molecule has 2 aliphatic rings. The van der Waals surface area contributed by atoms with Gasteiger partial charge in [0, 0.05) is 10.0 Å². The van der Waals surface area contributed by atoms with Gasteiger partial charge in [-0.1, -0.05) is 15.9 Å². The van der Waals surface area contributed by atoms with Gasteiger partial charge in [-0.05, 0) is 44.3 Å². The molecule has 0 spiro atoms. The number of fused-ring (bicyclic) bond motifs is 1. The first-order valence-corrected chi connectivity index (χ1v) is 7.52. The molecular weight excluding hydrogens is 313 g/mol. The fourth-order valence-electron chi connectivity index (χ4n) is 2.73. The first-order valence-electron chi connectivity index (χ1n) is 6.73. The predicted molar refractivity (Wildman–Crippen MR) is 74.4 cm³/mol. The zero-order valence-electron chi connectivity index (χ0n) is 10.7. The van der Waals surface area contributed by atoms with E-state index in [1.165, 1.54) is 0 Å². The largest absolute Gasteiger partial charge is 0.486 e. The van der Waals surface area contributed by atoms with Crippen LogP contribution in [0.15, 0.2) is 10.5 Å². The highest BCUT2D eigenvalue weighted by Gasteiger charge is 2.24. The number of benzene rings is 1. The van der Waals surface area contributed by atoms with Crippen molar-refractivity contribution in [3.8, 4) is 11.5 Å². The summed E-state index contributed by atoms with van der Waals surface area (Å²) in [6.07, 6.45) is 3.04. The average molecular weight is 330 g/mol. The maximum Gasteiger partial charge on any atom is 0.197 e. The fraction of sp³-hybridized carbons (Fsp3) is 0.571. The van der Waals surface area contributed by atoms with Crippen molar-refractivity contribution in [1.29, 1.82) is 0 Å².